The Hall–Kier alpha value is -1.37. The molecule has 1 heterocycles. The standard InChI is InChI=1S/C13H16N/c1-4-9-14-10-13(2,3)11-7-5-6-8-12(11)14/h4-10H,1-3H3/q+1. The zero-order valence-electron chi connectivity index (χ0n) is 8.99. The Balaban J connectivity index is 2.60. The summed E-state index contributed by atoms with van der Waals surface area (Å²) in [6, 6.07) is 8.56. The topological polar surface area (TPSA) is 3.01 Å². The number of nitrogens with zero attached hydrogens (tertiary/aromatic N) is 1. The fraction of sp³-hybridized carbons (Fsp3) is 0.308. The zero-order valence-corrected chi connectivity index (χ0v) is 8.99. The van der Waals surface area contributed by atoms with Gasteiger partial charge in [0.25, 0.3) is 0 Å². The number of para-hydroxylation sites is 1. The van der Waals surface area contributed by atoms with Crippen LogP contribution in [0.3, 0.4) is 0 Å². The molecule has 0 radical (unpaired) electrons. The van der Waals surface area contributed by atoms with Crippen LogP contribution in [-0.4, -0.2) is 10.8 Å². The van der Waals surface area contributed by atoms with Crippen molar-refractivity contribution in [3.8, 4) is 0 Å². The van der Waals surface area contributed by atoms with E-state index in [1.54, 1.807) is 0 Å². The molecular formula is C13H16N+. The predicted molar refractivity (Wildman–Crippen MR) is 60.3 cm³/mol. The molecule has 0 atom stereocenters. The number of fused-ring (bicyclic) bond motifs is 1. The highest BCUT2D eigenvalue weighted by atomic mass is 15.0. The number of hydrogen-bond acceptors (Lipinski definition) is 0. The van der Waals surface area contributed by atoms with Crippen LogP contribution < -0.4 is 0 Å². The Labute approximate surface area is 85.4 Å². The molecule has 14 heavy (non-hydrogen) atoms. The second kappa shape index (κ2) is 3.09. The molecule has 0 spiro atoms. The fourth-order valence-electron chi connectivity index (χ4n) is 2.01. The largest absolute Gasteiger partial charge is 0.214 e. The summed E-state index contributed by atoms with van der Waals surface area (Å²) < 4.78 is 2.20. The van der Waals surface area contributed by atoms with Crippen LogP contribution >= 0.6 is 0 Å². The van der Waals surface area contributed by atoms with E-state index < -0.39 is 0 Å². The summed E-state index contributed by atoms with van der Waals surface area (Å²) in [5.74, 6) is 0. The maximum absolute atomic E-state index is 2.26. The monoisotopic (exact) mass is 186 g/mol. The van der Waals surface area contributed by atoms with Gasteiger partial charge in [0.05, 0.1) is 5.41 Å². The van der Waals surface area contributed by atoms with Crippen LogP contribution in [0.1, 0.15) is 26.3 Å². The molecule has 2 rings (SSSR count). The van der Waals surface area contributed by atoms with Crippen LogP contribution in [0.2, 0.25) is 0 Å². The summed E-state index contributed by atoms with van der Waals surface area (Å²) in [7, 11) is 0. The van der Waals surface area contributed by atoms with E-state index in [9.17, 15) is 0 Å². The first-order valence-corrected chi connectivity index (χ1v) is 5.02. The number of hydrogen-bond donors (Lipinski definition) is 0. The van der Waals surface area contributed by atoms with Gasteiger partial charge in [0.2, 0.25) is 5.69 Å². The van der Waals surface area contributed by atoms with E-state index in [0.717, 1.165) is 0 Å². The number of allylic oxidation sites excluding steroid dienone is 1. The number of benzene rings is 1. The molecule has 1 aliphatic rings. The van der Waals surface area contributed by atoms with Crippen molar-refractivity contribution in [2.24, 2.45) is 0 Å². The van der Waals surface area contributed by atoms with Gasteiger partial charge in [0.15, 0.2) is 12.4 Å². The highest BCUT2D eigenvalue weighted by molar-refractivity contribution is 5.77. The van der Waals surface area contributed by atoms with Crippen LogP contribution in [0.4, 0.5) is 5.69 Å². The van der Waals surface area contributed by atoms with E-state index >= 15 is 0 Å². The molecule has 0 unspecified atom stereocenters. The second-order valence-corrected chi connectivity index (χ2v) is 4.26. The van der Waals surface area contributed by atoms with Gasteiger partial charge in [-0.05, 0) is 26.8 Å². The number of rotatable bonds is 1. The first-order valence-electron chi connectivity index (χ1n) is 5.02. The van der Waals surface area contributed by atoms with E-state index in [4.69, 9.17) is 0 Å². The summed E-state index contributed by atoms with van der Waals surface area (Å²) >= 11 is 0. The predicted octanol–water partition coefficient (Wildman–Crippen LogP) is 3.23. The molecule has 0 N–H and O–H groups in total. The molecule has 1 aromatic rings. The first kappa shape index (κ1) is 9.20. The summed E-state index contributed by atoms with van der Waals surface area (Å²) in [4.78, 5) is 0. The summed E-state index contributed by atoms with van der Waals surface area (Å²) in [5.41, 5.74) is 2.85. The molecule has 0 saturated heterocycles. The van der Waals surface area contributed by atoms with Gasteiger partial charge in [0.1, 0.15) is 0 Å². The van der Waals surface area contributed by atoms with Gasteiger partial charge in [-0.3, -0.25) is 0 Å². The van der Waals surface area contributed by atoms with Crippen molar-refractivity contribution in [2.75, 3.05) is 0 Å². The molecule has 0 bridgehead atoms. The first-order chi connectivity index (χ1) is 6.65. The molecule has 1 aliphatic heterocycles. The smallest absolute Gasteiger partial charge is 0.170 e. The van der Waals surface area contributed by atoms with Gasteiger partial charge >= 0.3 is 0 Å². The van der Waals surface area contributed by atoms with Crippen molar-refractivity contribution < 1.29 is 4.58 Å². The Bertz CT molecular complexity index is 411. The van der Waals surface area contributed by atoms with E-state index in [0.29, 0.717) is 0 Å². The Morgan fingerprint density at radius 2 is 1.93 bits per heavy atom. The van der Waals surface area contributed by atoms with E-state index in [1.165, 1.54) is 11.3 Å². The third-order valence-electron chi connectivity index (χ3n) is 2.65. The molecule has 0 amide bonds. The van der Waals surface area contributed by atoms with Crippen molar-refractivity contribution >= 4 is 11.9 Å². The fourth-order valence-corrected chi connectivity index (χ4v) is 2.01. The average molecular weight is 186 g/mol. The molecular weight excluding hydrogens is 170 g/mol. The van der Waals surface area contributed by atoms with Gasteiger partial charge in [-0.25, -0.2) is 0 Å². The van der Waals surface area contributed by atoms with Gasteiger partial charge in [-0.15, -0.1) is 0 Å². The SMILES string of the molecule is CC=C[N+]1=CC(C)(C)c2ccccc21. The minimum atomic E-state index is 0.149. The van der Waals surface area contributed by atoms with Crippen LogP contribution in [0.25, 0.3) is 0 Å². The lowest BCUT2D eigenvalue weighted by Crippen LogP contribution is -2.15. The molecule has 1 nitrogen and oxygen atoms in total. The lowest BCUT2D eigenvalue weighted by molar-refractivity contribution is -0.352. The van der Waals surface area contributed by atoms with E-state index in [1.807, 2.05) is 6.92 Å². The quantitative estimate of drug-likeness (QED) is 0.592. The molecule has 0 saturated carbocycles. The molecule has 1 aromatic carbocycles. The van der Waals surface area contributed by atoms with Crippen LogP contribution in [0, 0.1) is 0 Å². The van der Waals surface area contributed by atoms with E-state index in [-0.39, 0.29) is 5.41 Å². The normalized spacial score (nSPS) is 18.4. The average Bonchev–Trinajstić information content (AvgIpc) is 2.41. The second-order valence-electron chi connectivity index (χ2n) is 4.26. The van der Waals surface area contributed by atoms with Crippen LogP contribution in [-0.2, 0) is 5.41 Å². The van der Waals surface area contributed by atoms with Crippen molar-refractivity contribution in [1.29, 1.82) is 0 Å². The Morgan fingerprint density at radius 3 is 2.64 bits per heavy atom. The van der Waals surface area contributed by atoms with Crippen molar-refractivity contribution in [2.45, 2.75) is 26.2 Å². The summed E-state index contributed by atoms with van der Waals surface area (Å²) in [5, 5.41) is 0. The molecule has 0 aliphatic carbocycles. The van der Waals surface area contributed by atoms with E-state index in [2.05, 4.69) is 61.2 Å². The van der Waals surface area contributed by atoms with Crippen molar-refractivity contribution in [3.05, 3.63) is 42.1 Å². The van der Waals surface area contributed by atoms with Crippen molar-refractivity contribution in [3.63, 3.8) is 0 Å². The van der Waals surface area contributed by atoms with Gasteiger partial charge in [-0.2, -0.15) is 4.58 Å². The summed E-state index contributed by atoms with van der Waals surface area (Å²) in [6.45, 7) is 6.53. The molecule has 72 valence electrons. The zero-order chi connectivity index (χ0) is 10.2. The van der Waals surface area contributed by atoms with Gasteiger partial charge in [0, 0.05) is 11.6 Å². The summed E-state index contributed by atoms with van der Waals surface area (Å²) in [6.07, 6.45) is 6.43. The minimum Gasteiger partial charge on any atom is -0.170 e. The molecule has 0 fully saturated rings. The van der Waals surface area contributed by atoms with Crippen LogP contribution in [0.5, 0.6) is 0 Å². The maximum Gasteiger partial charge on any atom is 0.214 e. The van der Waals surface area contributed by atoms with Crippen LogP contribution in [0.15, 0.2) is 36.5 Å². The Morgan fingerprint density at radius 1 is 1.21 bits per heavy atom. The highest BCUT2D eigenvalue weighted by Crippen LogP contribution is 2.35. The third kappa shape index (κ3) is 1.29. The van der Waals surface area contributed by atoms with Crippen molar-refractivity contribution in [1.82, 2.24) is 0 Å². The third-order valence-corrected chi connectivity index (χ3v) is 2.65. The molecule has 1 heteroatoms. The minimum absolute atomic E-state index is 0.149. The lowest BCUT2D eigenvalue weighted by Gasteiger charge is -2.09. The lowest BCUT2D eigenvalue weighted by atomic mass is 9.87. The van der Waals surface area contributed by atoms with Gasteiger partial charge < -0.3 is 0 Å². The molecule has 0 aromatic heterocycles. The Kier molecular flexibility index (Phi) is 2.03. The highest BCUT2D eigenvalue weighted by Gasteiger charge is 2.35. The maximum atomic E-state index is 2.26. The van der Waals surface area contributed by atoms with Gasteiger partial charge in [-0.1, -0.05) is 18.2 Å².